The molecule has 1 atom stereocenters. The lowest BCUT2D eigenvalue weighted by Gasteiger charge is -2.13. The van der Waals surface area contributed by atoms with E-state index in [9.17, 15) is 0 Å². The third-order valence-corrected chi connectivity index (χ3v) is 4.12. The minimum absolute atomic E-state index is 0.427. The molecule has 2 rings (SSSR count). The van der Waals surface area contributed by atoms with Crippen LogP contribution >= 0.6 is 11.3 Å². The highest BCUT2D eigenvalue weighted by molar-refractivity contribution is 7.10. The van der Waals surface area contributed by atoms with E-state index in [1.165, 1.54) is 21.6 Å². The van der Waals surface area contributed by atoms with Crippen molar-refractivity contribution in [2.75, 3.05) is 0 Å². The van der Waals surface area contributed by atoms with E-state index >= 15 is 0 Å². The molecule has 0 bridgehead atoms. The summed E-state index contributed by atoms with van der Waals surface area (Å²) in [6.07, 6.45) is 0. The standard InChI is InChI=1S/C15H19NS/c1-11-6-7-14(12(2)9-11)10-16-13(3)15-5-4-8-17-15/h4-9,13,16H,10H2,1-3H3/t13-/m0/s1. The average Bonchev–Trinajstić information content (AvgIpc) is 2.81. The number of benzene rings is 1. The van der Waals surface area contributed by atoms with Crippen molar-refractivity contribution in [2.45, 2.75) is 33.4 Å². The lowest BCUT2D eigenvalue weighted by Crippen LogP contribution is -2.17. The Morgan fingerprint density at radius 2 is 2.06 bits per heavy atom. The van der Waals surface area contributed by atoms with Crippen molar-refractivity contribution in [1.82, 2.24) is 5.32 Å². The number of rotatable bonds is 4. The fraction of sp³-hybridized carbons (Fsp3) is 0.333. The van der Waals surface area contributed by atoms with Gasteiger partial charge in [0.25, 0.3) is 0 Å². The molecule has 1 heterocycles. The van der Waals surface area contributed by atoms with Crippen LogP contribution in [0, 0.1) is 13.8 Å². The van der Waals surface area contributed by atoms with E-state index in [1.54, 1.807) is 0 Å². The second-order valence-electron chi connectivity index (χ2n) is 4.55. The Labute approximate surface area is 108 Å². The summed E-state index contributed by atoms with van der Waals surface area (Å²) in [5, 5.41) is 5.70. The van der Waals surface area contributed by atoms with E-state index < -0.39 is 0 Å². The first-order chi connectivity index (χ1) is 8.16. The highest BCUT2D eigenvalue weighted by Crippen LogP contribution is 2.19. The maximum Gasteiger partial charge on any atom is 0.0388 e. The molecule has 0 spiro atoms. The second-order valence-corrected chi connectivity index (χ2v) is 5.53. The second kappa shape index (κ2) is 5.48. The van der Waals surface area contributed by atoms with Crippen molar-refractivity contribution in [3.63, 3.8) is 0 Å². The first-order valence-electron chi connectivity index (χ1n) is 6.00. The van der Waals surface area contributed by atoms with Gasteiger partial charge in [0, 0.05) is 17.5 Å². The number of thiophene rings is 1. The maximum absolute atomic E-state index is 3.57. The summed E-state index contributed by atoms with van der Waals surface area (Å²) in [5.41, 5.74) is 4.09. The summed E-state index contributed by atoms with van der Waals surface area (Å²) in [5.74, 6) is 0. The normalized spacial score (nSPS) is 12.6. The highest BCUT2D eigenvalue weighted by Gasteiger charge is 2.06. The molecule has 2 heteroatoms. The van der Waals surface area contributed by atoms with Gasteiger partial charge >= 0.3 is 0 Å². The lowest BCUT2D eigenvalue weighted by atomic mass is 10.1. The minimum atomic E-state index is 0.427. The fourth-order valence-corrected chi connectivity index (χ4v) is 2.70. The first kappa shape index (κ1) is 12.3. The number of nitrogens with one attached hydrogen (secondary N) is 1. The summed E-state index contributed by atoms with van der Waals surface area (Å²) in [6, 6.07) is 11.4. The maximum atomic E-state index is 3.57. The molecule has 0 aliphatic heterocycles. The van der Waals surface area contributed by atoms with Crippen LogP contribution in [0.25, 0.3) is 0 Å². The Balaban J connectivity index is 1.98. The molecular weight excluding hydrogens is 226 g/mol. The molecule has 0 amide bonds. The molecular formula is C15H19NS. The summed E-state index contributed by atoms with van der Waals surface area (Å²) in [6.45, 7) is 7.47. The van der Waals surface area contributed by atoms with Gasteiger partial charge in [-0.1, -0.05) is 29.8 Å². The number of hydrogen-bond acceptors (Lipinski definition) is 2. The van der Waals surface area contributed by atoms with Crippen molar-refractivity contribution >= 4 is 11.3 Å². The lowest BCUT2D eigenvalue weighted by molar-refractivity contribution is 0.581. The molecule has 2 aromatic rings. The third-order valence-electron chi connectivity index (χ3n) is 3.07. The molecule has 0 saturated heterocycles. The Hall–Kier alpha value is -1.12. The highest BCUT2D eigenvalue weighted by atomic mass is 32.1. The van der Waals surface area contributed by atoms with Crippen LogP contribution < -0.4 is 5.32 Å². The van der Waals surface area contributed by atoms with Gasteiger partial charge in [-0.25, -0.2) is 0 Å². The number of aryl methyl sites for hydroxylation is 2. The van der Waals surface area contributed by atoms with Crippen LogP contribution in [0.15, 0.2) is 35.7 Å². The summed E-state index contributed by atoms with van der Waals surface area (Å²) < 4.78 is 0. The molecule has 90 valence electrons. The Kier molecular flexibility index (Phi) is 3.97. The minimum Gasteiger partial charge on any atom is -0.305 e. The predicted molar refractivity (Wildman–Crippen MR) is 75.5 cm³/mol. The van der Waals surface area contributed by atoms with Gasteiger partial charge in [-0.3, -0.25) is 0 Å². The molecule has 0 fully saturated rings. The van der Waals surface area contributed by atoms with Crippen molar-refractivity contribution in [2.24, 2.45) is 0 Å². The van der Waals surface area contributed by atoms with Gasteiger partial charge < -0.3 is 5.32 Å². The van der Waals surface area contributed by atoms with Crippen molar-refractivity contribution in [3.8, 4) is 0 Å². The molecule has 1 N–H and O–H groups in total. The molecule has 0 radical (unpaired) electrons. The van der Waals surface area contributed by atoms with Gasteiger partial charge in [0.15, 0.2) is 0 Å². The Morgan fingerprint density at radius 1 is 1.24 bits per heavy atom. The molecule has 1 nitrogen and oxygen atoms in total. The van der Waals surface area contributed by atoms with Gasteiger partial charge in [-0.2, -0.15) is 0 Å². The average molecular weight is 245 g/mol. The zero-order valence-electron chi connectivity index (χ0n) is 10.7. The van der Waals surface area contributed by atoms with Crippen molar-refractivity contribution in [1.29, 1.82) is 0 Å². The van der Waals surface area contributed by atoms with Crippen LogP contribution in [-0.4, -0.2) is 0 Å². The largest absolute Gasteiger partial charge is 0.305 e. The summed E-state index contributed by atoms with van der Waals surface area (Å²) in [4.78, 5) is 1.40. The smallest absolute Gasteiger partial charge is 0.0388 e. The number of hydrogen-bond donors (Lipinski definition) is 1. The molecule has 0 unspecified atom stereocenters. The Morgan fingerprint density at radius 3 is 2.71 bits per heavy atom. The third kappa shape index (κ3) is 3.18. The van der Waals surface area contributed by atoms with Crippen LogP contribution in [0.4, 0.5) is 0 Å². The van der Waals surface area contributed by atoms with Gasteiger partial charge in [0.2, 0.25) is 0 Å². The molecule has 0 aliphatic carbocycles. The van der Waals surface area contributed by atoms with E-state index in [2.05, 4.69) is 61.8 Å². The van der Waals surface area contributed by atoms with E-state index in [0.717, 1.165) is 6.54 Å². The zero-order chi connectivity index (χ0) is 12.3. The molecule has 1 aromatic heterocycles. The summed E-state index contributed by atoms with van der Waals surface area (Å²) in [7, 11) is 0. The van der Waals surface area contributed by atoms with Crippen molar-refractivity contribution < 1.29 is 0 Å². The summed E-state index contributed by atoms with van der Waals surface area (Å²) >= 11 is 1.81. The molecule has 0 saturated carbocycles. The molecule has 0 aliphatic rings. The van der Waals surface area contributed by atoms with E-state index in [1.807, 2.05) is 11.3 Å². The monoisotopic (exact) mass is 245 g/mol. The quantitative estimate of drug-likeness (QED) is 0.850. The van der Waals surface area contributed by atoms with Crippen LogP contribution in [0.3, 0.4) is 0 Å². The van der Waals surface area contributed by atoms with E-state index in [-0.39, 0.29) is 0 Å². The zero-order valence-corrected chi connectivity index (χ0v) is 11.5. The molecule has 1 aromatic carbocycles. The first-order valence-corrected chi connectivity index (χ1v) is 6.87. The van der Waals surface area contributed by atoms with Gasteiger partial charge in [-0.15, -0.1) is 11.3 Å². The van der Waals surface area contributed by atoms with Gasteiger partial charge in [0.1, 0.15) is 0 Å². The van der Waals surface area contributed by atoms with Crippen LogP contribution in [-0.2, 0) is 6.54 Å². The van der Waals surface area contributed by atoms with E-state index in [4.69, 9.17) is 0 Å². The molecule has 17 heavy (non-hydrogen) atoms. The predicted octanol–water partition coefficient (Wildman–Crippen LogP) is 4.22. The topological polar surface area (TPSA) is 12.0 Å². The fourth-order valence-electron chi connectivity index (χ4n) is 1.95. The van der Waals surface area contributed by atoms with Gasteiger partial charge in [0.05, 0.1) is 0 Å². The van der Waals surface area contributed by atoms with Gasteiger partial charge in [-0.05, 0) is 43.3 Å². The van der Waals surface area contributed by atoms with Crippen molar-refractivity contribution in [3.05, 3.63) is 57.3 Å². The Bertz CT molecular complexity index is 474. The SMILES string of the molecule is Cc1ccc(CN[C@@H](C)c2cccs2)c(C)c1. The van der Waals surface area contributed by atoms with Crippen LogP contribution in [0.1, 0.15) is 34.5 Å². The van der Waals surface area contributed by atoms with Crippen LogP contribution in [0.2, 0.25) is 0 Å². The van der Waals surface area contributed by atoms with Crippen LogP contribution in [0.5, 0.6) is 0 Å². The van der Waals surface area contributed by atoms with E-state index in [0.29, 0.717) is 6.04 Å².